The standard InChI is InChI=1S/C18H36N2O2/c1-4-20-14-17(15-20)13-18(21)19-11-9-7-5-6-8-10-12-22-16(2)3/h16-17H,4-15H2,1-3H3,(H,19,21). The maximum absolute atomic E-state index is 11.8. The van der Waals surface area contributed by atoms with Crippen LogP contribution in [-0.4, -0.2) is 49.7 Å². The number of hydrogen-bond donors (Lipinski definition) is 1. The van der Waals surface area contributed by atoms with E-state index < -0.39 is 0 Å². The summed E-state index contributed by atoms with van der Waals surface area (Å²) in [6.07, 6.45) is 8.38. The average molecular weight is 312 g/mol. The lowest BCUT2D eigenvalue weighted by Gasteiger charge is -2.38. The summed E-state index contributed by atoms with van der Waals surface area (Å²) in [5.41, 5.74) is 0. The molecule has 1 N–H and O–H groups in total. The number of likely N-dealkylation sites (tertiary alicyclic amines) is 1. The minimum Gasteiger partial charge on any atom is -0.379 e. The first kappa shape index (κ1) is 19.4. The minimum absolute atomic E-state index is 0.242. The third-order valence-electron chi connectivity index (χ3n) is 4.30. The lowest BCUT2D eigenvalue weighted by Crippen LogP contribution is -2.48. The fraction of sp³-hybridized carbons (Fsp3) is 0.944. The highest BCUT2D eigenvalue weighted by Gasteiger charge is 2.26. The molecule has 1 fully saturated rings. The van der Waals surface area contributed by atoms with E-state index in [0.29, 0.717) is 18.4 Å². The largest absolute Gasteiger partial charge is 0.379 e. The fourth-order valence-electron chi connectivity index (χ4n) is 2.88. The molecule has 4 nitrogen and oxygen atoms in total. The molecule has 22 heavy (non-hydrogen) atoms. The summed E-state index contributed by atoms with van der Waals surface area (Å²) < 4.78 is 5.52. The van der Waals surface area contributed by atoms with Gasteiger partial charge in [0.05, 0.1) is 6.10 Å². The highest BCUT2D eigenvalue weighted by atomic mass is 16.5. The second-order valence-corrected chi connectivity index (χ2v) is 6.81. The van der Waals surface area contributed by atoms with Crippen LogP contribution in [0.25, 0.3) is 0 Å². The van der Waals surface area contributed by atoms with Crippen molar-refractivity contribution in [3.8, 4) is 0 Å². The molecule has 0 radical (unpaired) electrons. The number of carbonyl (C=O) groups excluding carboxylic acids is 1. The average Bonchev–Trinajstić information content (AvgIpc) is 2.44. The molecule has 1 amide bonds. The summed E-state index contributed by atoms with van der Waals surface area (Å²) in [5, 5.41) is 3.06. The highest BCUT2D eigenvalue weighted by molar-refractivity contribution is 5.76. The van der Waals surface area contributed by atoms with Gasteiger partial charge in [0.1, 0.15) is 0 Å². The quantitative estimate of drug-likeness (QED) is 0.531. The molecule has 0 aliphatic carbocycles. The maximum Gasteiger partial charge on any atom is 0.220 e. The van der Waals surface area contributed by atoms with Crippen LogP contribution in [0.5, 0.6) is 0 Å². The van der Waals surface area contributed by atoms with Gasteiger partial charge in [-0.2, -0.15) is 0 Å². The van der Waals surface area contributed by atoms with Gasteiger partial charge in [0, 0.05) is 32.7 Å². The molecule has 1 saturated heterocycles. The van der Waals surface area contributed by atoms with Crippen molar-refractivity contribution in [2.24, 2.45) is 5.92 Å². The highest BCUT2D eigenvalue weighted by Crippen LogP contribution is 2.17. The summed E-state index contributed by atoms with van der Waals surface area (Å²) in [7, 11) is 0. The smallest absolute Gasteiger partial charge is 0.220 e. The number of carbonyl (C=O) groups is 1. The Morgan fingerprint density at radius 2 is 1.77 bits per heavy atom. The van der Waals surface area contributed by atoms with Crippen LogP contribution >= 0.6 is 0 Å². The second-order valence-electron chi connectivity index (χ2n) is 6.81. The van der Waals surface area contributed by atoms with Gasteiger partial charge in [0.25, 0.3) is 0 Å². The molecule has 4 heteroatoms. The zero-order chi connectivity index (χ0) is 16.2. The van der Waals surface area contributed by atoms with E-state index >= 15 is 0 Å². The van der Waals surface area contributed by atoms with Gasteiger partial charge in [-0.3, -0.25) is 4.79 Å². The van der Waals surface area contributed by atoms with Gasteiger partial charge in [-0.25, -0.2) is 0 Å². The van der Waals surface area contributed by atoms with Crippen LogP contribution in [0.2, 0.25) is 0 Å². The number of amides is 1. The fourth-order valence-corrected chi connectivity index (χ4v) is 2.88. The lowest BCUT2D eigenvalue weighted by atomic mass is 9.96. The van der Waals surface area contributed by atoms with Gasteiger partial charge in [-0.05, 0) is 39.2 Å². The summed E-state index contributed by atoms with van der Waals surface area (Å²) in [4.78, 5) is 14.1. The Morgan fingerprint density at radius 1 is 1.14 bits per heavy atom. The molecule has 0 atom stereocenters. The Balaban J connectivity index is 1.78. The van der Waals surface area contributed by atoms with Gasteiger partial charge in [-0.1, -0.05) is 32.6 Å². The lowest BCUT2D eigenvalue weighted by molar-refractivity contribution is -0.123. The summed E-state index contributed by atoms with van der Waals surface area (Å²) in [5.74, 6) is 0.833. The normalized spacial score (nSPS) is 16.0. The molecule has 1 aliphatic rings. The predicted octanol–water partition coefficient (Wildman–Crippen LogP) is 3.21. The molecule has 1 heterocycles. The number of rotatable bonds is 13. The Morgan fingerprint density at radius 3 is 2.41 bits per heavy atom. The van der Waals surface area contributed by atoms with Crippen molar-refractivity contribution in [1.82, 2.24) is 10.2 Å². The number of nitrogens with one attached hydrogen (secondary N) is 1. The van der Waals surface area contributed by atoms with E-state index in [2.05, 4.69) is 31.0 Å². The Hall–Kier alpha value is -0.610. The predicted molar refractivity (Wildman–Crippen MR) is 92.0 cm³/mol. The third kappa shape index (κ3) is 9.42. The van der Waals surface area contributed by atoms with E-state index in [1.165, 1.54) is 32.1 Å². The van der Waals surface area contributed by atoms with Crippen LogP contribution in [0.15, 0.2) is 0 Å². The number of nitrogens with zero attached hydrogens (tertiary/aromatic N) is 1. The SMILES string of the molecule is CCN1CC(CC(=O)NCCCCCCCCOC(C)C)C1. The van der Waals surface area contributed by atoms with E-state index in [-0.39, 0.29) is 5.91 Å². The van der Waals surface area contributed by atoms with Crippen LogP contribution in [0, 0.1) is 5.92 Å². The molecule has 1 rings (SSSR count). The third-order valence-corrected chi connectivity index (χ3v) is 4.30. The molecule has 0 unspecified atom stereocenters. The molecule has 0 aromatic carbocycles. The first-order valence-corrected chi connectivity index (χ1v) is 9.22. The summed E-state index contributed by atoms with van der Waals surface area (Å²) in [6, 6.07) is 0. The Kier molecular flexibility index (Phi) is 10.5. The number of ether oxygens (including phenoxy) is 1. The van der Waals surface area contributed by atoms with Gasteiger partial charge >= 0.3 is 0 Å². The van der Waals surface area contributed by atoms with Crippen LogP contribution in [-0.2, 0) is 9.53 Å². The van der Waals surface area contributed by atoms with E-state index in [0.717, 1.165) is 39.2 Å². The van der Waals surface area contributed by atoms with Gasteiger partial charge < -0.3 is 15.0 Å². The van der Waals surface area contributed by atoms with E-state index in [4.69, 9.17) is 4.74 Å². The molecular formula is C18H36N2O2. The molecule has 0 bridgehead atoms. The van der Waals surface area contributed by atoms with Crippen LogP contribution in [0.1, 0.15) is 65.7 Å². The first-order chi connectivity index (χ1) is 10.6. The first-order valence-electron chi connectivity index (χ1n) is 9.22. The van der Waals surface area contributed by atoms with Crippen LogP contribution in [0.4, 0.5) is 0 Å². The van der Waals surface area contributed by atoms with Gasteiger partial charge in [0.15, 0.2) is 0 Å². The number of hydrogen-bond acceptors (Lipinski definition) is 3. The van der Waals surface area contributed by atoms with Gasteiger partial charge in [-0.15, -0.1) is 0 Å². The monoisotopic (exact) mass is 312 g/mol. The van der Waals surface area contributed by atoms with E-state index in [1.54, 1.807) is 0 Å². The van der Waals surface area contributed by atoms with Crippen molar-refractivity contribution >= 4 is 5.91 Å². The van der Waals surface area contributed by atoms with Crippen molar-refractivity contribution in [1.29, 1.82) is 0 Å². The maximum atomic E-state index is 11.8. The topological polar surface area (TPSA) is 41.6 Å². The molecule has 130 valence electrons. The van der Waals surface area contributed by atoms with Crippen molar-refractivity contribution < 1.29 is 9.53 Å². The van der Waals surface area contributed by atoms with Crippen molar-refractivity contribution in [2.75, 3.05) is 32.8 Å². The zero-order valence-corrected chi connectivity index (χ0v) is 14.9. The summed E-state index contributed by atoms with van der Waals surface area (Å²) >= 11 is 0. The Bertz CT molecular complexity index is 289. The molecule has 0 spiro atoms. The van der Waals surface area contributed by atoms with Crippen molar-refractivity contribution in [3.05, 3.63) is 0 Å². The second kappa shape index (κ2) is 11.9. The van der Waals surface area contributed by atoms with Crippen molar-refractivity contribution in [3.63, 3.8) is 0 Å². The molecule has 1 aliphatic heterocycles. The van der Waals surface area contributed by atoms with Crippen LogP contribution < -0.4 is 5.32 Å². The Labute approximate surface area is 137 Å². The molecule has 0 aromatic rings. The van der Waals surface area contributed by atoms with E-state index in [9.17, 15) is 4.79 Å². The molecule has 0 aromatic heterocycles. The van der Waals surface area contributed by atoms with Gasteiger partial charge in [0.2, 0.25) is 5.91 Å². The zero-order valence-electron chi connectivity index (χ0n) is 14.9. The number of unbranched alkanes of at least 4 members (excludes halogenated alkanes) is 5. The van der Waals surface area contributed by atoms with E-state index in [1.807, 2.05) is 0 Å². The minimum atomic E-state index is 0.242. The summed E-state index contributed by atoms with van der Waals surface area (Å²) in [6.45, 7) is 11.4. The molecular weight excluding hydrogens is 276 g/mol. The van der Waals surface area contributed by atoms with Crippen LogP contribution in [0.3, 0.4) is 0 Å². The van der Waals surface area contributed by atoms with Crippen molar-refractivity contribution in [2.45, 2.75) is 71.8 Å². The molecule has 0 saturated carbocycles.